The van der Waals surface area contributed by atoms with Gasteiger partial charge in [0.15, 0.2) is 0 Å². The molecule has 0 saturated heterocycles. The van der Waals surface area contributed by atoms with E-state index < -0.39 is 4.92 Å². The second-order valence-electron chi connectivity index (χ2n) is 4.45. The second-order valence-corrected chi connectivity index (χ2v) is 5.75. The van der Waals surface area contributed by atoms with E-state index in [9.17, 15) is 10.1 Å². The minimum atomic E-state index is -0.396. The number of halogens is 1. The summed E-state index contributed by atoms with van der Waals surface area (Å²) in [7, 11) is 1.98. The van der Waals surface area contributed by atoms with Gasteiger partial charge in [0.2, 0.25) is 0 Å². The van der Waals surface area contributed by atoms with Gasteiger partial charge in [-0.25, -0.2) is 0 Å². The average Bonchev–Trinajstić information content (AvgIpc) is 2.97. The van der Waals surface area contributed by atoms with Crippen LogP contribution in [0.3, 0.4) is 0 Å². The molecule has 0 aliphatic heterocycles. The van der Waals surface area contributed by atoms with Crippen LogP contribution < -0.4 is 4.90 Å². The van der Waals surface area contributed by atoms with Crippen molar-refractivity contribution in [2.45, 2.75) is 12.3 Å². The van der Waals surface area contributed by atoms with Gasteiger partial charge in [0.05, 0.1) is 10.8 Å². The maximum atomic E-state index is 10.9. The molecule has 1 aromatic heterocycles. The highest BCUT2D eigenvalue weighted by atomic mass is 35.5. The predicted octanol–water partition coefficient (Wildman–Crippen LogP) is 4.07. The standard InChI is InChI=1S/C14H15ClN2O2S/c1-16(7-6-13-3-2-8-20-13)12-4-5-14(17(18)19)11(9-12)10-15/h2-5,8-9H,6-7,10H2,1H3. The van der Waals surface area contributed by atoms with E-state index in [1.165, 1.54) is 10.9 Å². The largest absolute Gasteiger partial charge is 0.374 e. The van der Waals surface area contributed by atoms with Crippen molar-refractivity contribution in [3.63, 3.8) is 0 Å². The van der Waals surface area contributed by atoms with E-state index in [-0.39, 0.29) is 11.6 Å². The number of nitro benzene ring substituents is 1. The smallest absolute Gasteiger partial charge is 0.273 e. The summed E-state index contributed by atoms with van der Waals surface area (Å²) in [5.41, 5.74) is 1.58. The number of nitrogens with zero attached hydrogens (tertiary/aromatic N) is 2. The number of thiophene rings is 1. The Morgan fingerprint density at radius 1 is 1.40 bits per heavy atom. The van der Waals surface area contributed by atoms with Crippen LogP contribution in [-0.2, 0) is 12.3 Å². The molecule has 0 saturated carbocycles. The Balaban J connectivity index is 2.09. The molecule has 0 atom stereocenters. The first kappa shape index (κ1) is 14.8. The van der Waals surface area contributed by atoms with Crippen LogP contribution in [0.25, 0.3) is 0 Å². The van der Waals surface area contributed by atoms with E-state index in [4.69, 9.17) is 11.6 Å². The number of benzene rings is 1. The molecule has 0 spiro atoms. The minimum absolute atomic E-state index is 0.0791. The van der Waals surface area contributed by atoms with Crippen LogP contribution in [0.2, 0.25) is 0 Å². The highest BCUT2D eigenvalue weighted by Crippen LogP contribution is 2.26. The lowest BCUT2D eigenvalue weighted by Gasteiger charge is -2.19. The van der Waals surface area contributed by atoms with Gasteiger partial charge in [-0.1, -0.05) is 6.07 Å². The summed E-state index contributed by atoms with van der Waals surface area (Å²) in [6, 6.07) is 9.23. The molecule has 1 heterocycles. The molecule has 1 aromatic carbocycles. The number of likely N-dealkylation sites (N-methyl/N-ethyl adjacent to an activating group) is 1. The molecule has 0 fully saturated rings. The number of nitro groups is 1. The van der Waals surface area contributed by atoms with Crippen LogP contribution in [0, 0.1) is 10.1 Å². The van der Waals surface area contributed by atoms with Crippen molar-refractivity contribution < 1.29 is 4.92 Å². The first-order chi connectivity index (χ1) is 9.61. The lowest BCUT2D eigenvalue weighted by Crippen LogP contribution is -2.20. The SMILES string of the molecule is CN(CCc1cccs1)c1ccc([N+](=O)[O-])c(CCl)c1. The summed E-state index contributed by atoms with van der Waals surface area (Å²) < 4.78 is 0. The predicted molar refractivity (Wildman–Crippen MR) is 83.9 cm³/mol. The van der Waals surface area contributed by atoms with Crippen molar-refractivity contribution in [3.05, 3.63) is 56.3 Å². The summed E-state index contributed by atoms with van der Waals surface area (Å²) in [6.07, 6.45) is 0.960. The molecule has 106 valence electrons. The minimum Gasteiger partial charge on any atom is -0.374 e. The Bertz CT molecular complexity index is 587. The van der Waals surface area contributed by atoms with Gasteiger partial charge < -0.3 is 4.90 Å². The molecular formula is C14H15ClN2O2S. The zero-order valence-corrected chi connectivity index (χ0v) is 12.7. The molecular weight excluding hydrogens is 296 g/mol. The lowest BCUT2D eigenvalue weighted by molar-refractivity contribution is -0.385. The van der Waals surface area contributed by atoms with Crippen molar-refractivity contribution in [3.8, 4) is 0 Å². The van der Waals surface area contributed by atoms with Crippen molar-refractivity contribution in [1.82, 2.24) is 0 Å². The molecule has 0 amide bonds. The van der Waals surface area contributed by atoms with Gasteiger partial charge in [0.25, 0.3) is 5.69 Å². The van der Waals surface area contributed by atoms with E-state index in [2.05, 4.69) is 16.3 Å². The molecule has 0 bridgehead atoms. The molecule has 0 radical (unpaired) electrons. The van der Waals surface area contributed by atoms with Crippen LogP contribution in [0.5, 0.6) is 0 Å². The van der Waals surface area contributed by atoms with Gasteiger partial charge in [0.1, 0.15) is 0 Å². The molecule has 20 heavy (non-hydrogen) atoms. The molecule has 0 aliphatic carbocycles. The molecule has 0 N–H and O–H groups in total. The fraction of sp³-hybridized carbons (Fsp3) is 0.286. The Morgan fingerprint density at radius 2 is 2.20 bits per heavy atom. The summed E-state index contributed by atoms with van der Waals surface area (Å²) >= 11 is 7.53. The number of hydrogen-bond donors (Lipinski definition) is 0. The number of anilines is 1. The maximum absolute atomic E-state index is 10.9. The summed E-state index contributed by atoms with van der Waals surface area (Å²) in [6.45, 7) is 0.861. The normalized spacial score (nSPS) is 10.5. The monoisotopic (exact) mass is 310 g/mol. The molecule has 2 rings (SSSR count). The maximum Gasteiger partial charge on any atom is 0.273 e. The Hall–Kier alpha value is -1.59. The molecule has 4 nitrogen and oxygen atoms in total. The Labute approximate surface area is 126 Å². The Morgan fingerprint density at radius 3 is 2.80 bits per heavy atom. The third-order valence-electron chi connectivity index (χ3n) is 3.12. The van der Waals surface area contributed by atoms with Gasteiger partial charge >= 0.3 is 0 Å². The molecule has 2 aromatic rings. The number of rotatable bonds is 6. The fourth-order valence-electron chi connectivity index (χ4n) is 1.96. The van der Waals surface area contributed by atoms with E-state index in [0.29, 0.717) is 5.56 Å². The second kappa shape index (κ2) is 6.72. The van der Waals surface area contributed by atoms with E-state index in [0.717, 1.165) is 18.7 Å². The van der Waals surface area contributed by atoms with E-state index in [1.54, 1.807) is 23.5 Å². The van der Waals surface area contributed by atoms with Gasteiger partial charge in [-0.05, 0) is 30.0 Å². The van der Waals surface area contributed by atoms with Crippen molar-refractivity contribution in [2.24, 2.45) is 0 Å². The van der Waals surface area contributed by atoms with Crippen molar-refractivity contribution in [2.75, 3.05) is 18.5 Å². The molecule has 6 heteroatoms. The first-order valence-corrected chi connectivity index (χ1v) is 7.60. The lowest BCUT2D eigenvalue weighted by atomic mass is 10.1. The molecule has 0 unspecified atom stereocenters. The summed E-state index contributed by atoms with van der Waals surface area (Å²) in [5, 5.41) is 12.9. The van der Waals surface area contributed by atoms with Crippen molar-refractivity contribution in [1.29, 1.82) is 0 Å². The number of alkyl halides is 1. The van der Waals surface area contributed by atoms with Gasteiger partial charge in [-0.3, -0.25) is 10.1 Å². The van der Waals surface area contributed by atoms with Crippen molar-refractivity contribution >= 4 is 34.3 Å². The first-order valence-electron chi connectivity index (χ1n) is 6.18. The average molecular weight is 311 g/mol. The highest BCUT2D eigenvalue weighted by Gasteiger charge is 2.14. The van der Waals surface area contributed by atoms with Crippen LogP contribution in [0.4, 0.5) is 11.4 Å². The zero-order valence-electron chi connectivity index (χ0n) is 11.1. The van der Waals surface area contributed by atoms with Crippen LogP contribution in [-0.4, -0.2) is 18.5 Å². The van der Waals surface area contributed by atoms with Crippen LogP contribution >= 0.6 is 22.9 Å². The van der Waals surface area contributed by atoms with Gasteiger partial charge in [-0.15, -0.1) is 22.9 Å². The summed E-state index contributed by atoms with van der Waals surface area (Å²) in [5.74, 6) is 0.142. The summed E-state index contributed by atoms with van der Waals surface area (Å²) in [4.78, 5) is 13.9. The topological polar surface area (TPSA) is 46.4 Å². The van der Waals surface area contributed by atoms with Gasteiger partial charge in [0, 0.05) is 35.8 Å². The third-order valence-corrected chi connectivity index (χ3v) is 4.34. The van der Waals surface area contributed by atoms with Gasteiger partial charge in [-0.2, -0.15) is 0 Å². The van der Waals surface area contributed by atoms with E-state index >= 15 is 0 Å². The molecule has 0 aliphatic rings. The fourth-order valence-corrected chi connectivity index (χ4v) is 2.87. The number of hydrogen-bond acceptors (Lipinski definition) is 4. The van der Waals surface area contributed by atoms with Crippen LogP contribution in [0.15, 0.2) is 35.7 Å². The third kappa shape index (κ3) is 3.49. The zero-order chi connectivity index (χ0) is 14.5. The van der Waals surface area contributed by atoms with Crippen LogP contribution in [0.1, 0.15) is 10.4 Å². The Kier molecular flexibility index (Phi) is 4.98. The quantitative estimate of drug-likeness (QED) is 0.459. The highest BCUT2D eigenvalue weighted by molar-refractivity contribution is 7.09. The van der Waals surface area contributed by atoms with E-state index in [1.807, 2.05) is 13.1 Å².